The molecule has 2 aromatic carbocycles. The lowest BCUT2D eigenvalue weighted by Crippen LogP contribution is -2.17. The maximum Gasteiger partial charge on any atom is 0.271 e. The Bertz CT molecular complexity index is 966. The summed E-state index contributed by atoms with van der Waals surface area (Å²) < 4.78 is 2.21. The number of carbonyl (C=O) groups excluding carboxylic acids is 1. The van der Waals surface area contributed by atoms with Crippen molar-refractivity contribution in [3.8, 4) is 5.69 Å². The molecule has 0 radical (unpaired) electrons. The van der Waals surface area contributed by atoms with E-state index in [4.69, 9.17) is 0 Å². The number of benzene rings is 2. The van der Waals surface area contributed by atoms with Crippen LogP contribution in [-0.2, 0) is 0 Å². The first-order chi connectivity index (χ1) is 12.5. The number of aryl methyl sites for hydroxylation is 3. The molecular formula is C22H23N3O. The highest BCUT2D eigenvalue weighted by Gasteiger charge is 2.11. The Balaban J connectivity index is 1.80. The van der Waals surface area contributed by atoms with E-state index in [2.05, 4.69) is 54.1 Å². The number of amides is 1. The van der Waals surface area contributed by atoms with E-state index in [0.29, 0.717) is 5.56 Å². The van der Waals surface area contributed by atoms with E-state index in [9.17, 15) is 4.79 Å². The van der Waals surface area contributed by atoms with Crippen molar-refractivity contribution in [3.63, 3.8) is 0 Å². The molecule has 1 aromatic heterocycles. The quantitative estimate of drug-likeness (QED) is 0.550. The molecule has 3 aromatic rings. The molecule has 0 unspecified atom stereocenters. The Hall–Kier alpha value is -3.14. The van der Waals surface area contributed by atoms with Crippen molar-refractivity contribution in [2.24, 2.45) is 5.10 Å². The Morgan fingerprint density at radius 1 is 1.00 bits per heavy atom. The predicted octanol–water partition coefficient (Wildman–Crippen LogP) is 4.47. The molecule has 0 saturated heterocycles. The molecule has 1 N–H and O–H groups in total. The zero-order valence-electron chi connectivity index (χ0n) is 15.6. The summed E-state index contributed by atoms with van der Waals surface area (Å²) in [6.07, 6.45) is 1.70. The summed E-state index contributed by atoms with van der Waals surface area (Å²) in [6, 6.07) is 17.8. The summed E-state index contributed by atoms with van der Waals surface area (Å²) in [5, 5.41) is 4.13. The molecule has 0 aliphatic rings. The lowest BCUT2D eigenvalue weighted by Gasteiger charge is -2.12. The van der Waals surface area contributed by atoms with E-state index in [1.54, 1.807) is 18.3 Å². The van der Waals surface area contributed by atoms with Gasteiger partial charge in [0.1, 0.15) is 0 Å². The van der Waals surface area contributed by atoms with Gasteiger partial charge in [0.05, 0.1) is 6.21 Å². The van der Waals surface area contributed by atoms with E-state index < -0.39 is 0 Å². The molecule has 0 spiro atoms. The van der Waals surface area contributed by atoms with Crippen molar-refractivity contribution in [2.75, 3.05) is 0 Å². The first kappa shape index (κ1) is 17.7. The number of hydrogen-bond acceptors (Lipinski definition) is 2. The second-order valence-electron chi connectivity index (χ2n) is 6.51. The topological polar surface area (TPSA) is 46.4 Å². The standard InChI is InChI=1S/C22H23N3O/c1-15-9-11-19(12-10-15)22(26)24-23-14-20-13-17(3)25(18(20)4)21-8-6-5-7-16(21)2/h5-14H,1-4H3,(H,24,26)/b23-14-. The average Bonchev–Trinajstić information content (AvgIpc) is 2.90. The number of nitrogens with one attached hydrogen (secondary N) is 1. The van der Waals surface area contributed by atoms with Gasteiger partial charge >= 0.3 is 0 Å². The molecule has 0 saturated carbocycles. The minimum Gasteiger partial charge on any atom is -0.318 e. The van der Waals surface area contributed by atoms with Crippen LogP contribution in [0.3, 0.4) is 0 Å². The van der Waals surface area contributed by atoms with Gasteiger partial charge in [-0.05, 0) is 57.5 Å². The van der Waals surface area contributed by atoms with Gasteiger partial charge in [0, 0.05) is 28.2 Å². The van der Waals surface area contributed by atoms with Crippen molar-refractivity contribution in [1.29, 1.82) is 0 Å². The number of hydrazone groups is 1. The Morgan fingerprint density at radius 3 is 2.38 bits per heavy atom. The highest BCUT2D eigenvalue weighted by Crippen LogP contribution is 2.22. The largest absolute Gasteiger partial charge is 0.318 e. The Kier molecular flexibility index (Phi) is 5.03. The fourth-order valence-corrected chi connectivity index (χ4v) is 3.03. The number of para-hydroxylation sites is 1. The summed E-state index contributed by atoms with van der Waals surface area (Å²) in [5.41, 5.74) is 9.88. The van der Waals surface area contributed by atoms with Gasteiger partial charge in [0.2, 0.25) is 0 Å². The van der Waals surface area contributed by atoms with Crippen LogP contribution in [0, 0.1) is 27.7 Å². The van der Waals surface area contributed by atoms with Crippen LogP contribution in [0.2, 0.25) is 0 Å². The third-order valence-corrected chi connectivity index (χ3v) is 4.51. The number of aromatic nitrogens is 1. The summed E-state index contributed by atoms with van der Waals surface area (Å²) >= 11 is 0. The molecule has 0 aliphatic carbocycles. The summed E-state index contributed by atoms with van der Waals surface area (Å²) in [6.45, 7) is 8.22. The Morgan fingerprint density at radius 2 is 1.69 bits per heavy atom. The lowest BCUT2D eigenvalue weighted by atomic mass is 10.1. The number of hydrogen-bond donors (Lipinski definition) is 1. The number of nitrogens with zero attached hydrogens (tertiary/aromatic N) is 2. The molecule has 0 fully saturated rings. The molecule has 1 heterocycles. The predicted molar refractivity (Wildman–Crippen MR) is 106 cm³/mol. The Labute approximate surface area is 154 Å². The van der Waals surface area contributed by atoms with E-state index >= 15 is 0 Å². The normalized spacial score (nSPS) is 11.1. The summed E-state index contributed by atoms with van der Waals surface area (Å²) in [4.78, 5) is 12.1. The van der Waals surface area contributed by atoms with Crippen molar-refractivity contribution >= 4 is 12.1 Å². The zero-order chi connectivity index (χ0) is 18.7. The van der Waals surface area contributed by atoms with Crippen LogP contribution in [0.1, 0.15) is 38.4 Å². The molecular weight excluding hydrogens is 322 g/mol. The average molecular weight is 345 g/mol. The molecule has 3 rings (SSSR count). The van der Waals surface area contributed by atoms with Gasteiger partial charge in [-0.2, -0.15) is 5.10 Å². The van der Waals surface area contributed by atoms with Crippen molar-refractivity contribution in [1.82, 2.24) is 9.99 Å². The van der Waals surface area contributed by atoms with E-state index in [1.165, 1.54) is 5.56 Å². The minimum absolute atomic E-state index is 0.214. The minimum atomic E-state index is -0.214. The third-order valence-electron chi connectivity index (χ3n) is 4.51. The van der Waals surface area contributed by atoms with Gasteiger partial charge < -0.3 is 4.57 Å². The van der Waals surface area contributed by atoms with E-state index in [-0.39, 0.29) is 5.91 Å². The third kappa shape index (κ3) is 3.59. The van der Waals surface area contributed by atoms with Crippen LogP contribution in [0.4, 0.5) is 0 Å². The molecule has 132 valence electrons. The van der Waals surface area contributed by atoms with Crippen LogP contribution in [0.5, 0.6) is 0 Å². The molecule has 4 nitrogen and oxygen atoms in total. The zero-order valence-corrected chi connectivity index (χ0v) is 15.6. The summed E-state index contributed by atoms with van der Waals surface area (Å²) in [5.74, 6) is -0.214. The highest BCUT2D eigenvalue weighted by molar-refractivity contribution is 5.95. The maximum atomic E-state index is 12.1. The van der Waals surface area contributed by atoms with E-state index in [1.807, 2.05) is 31.2 Å². The first-order valence-corrected chi connectivity index (χ1v) is 8.62. The molecule has 1 amide bonds. The monoisotopic (exact) mass is 345 g/mol. The second-order valence-corrected chi connectivity index (χ2v) is 6.51. The van der Waals surface area contributed by atoms with Gasteiger partial charge in [-0.15, -0.1) is 0 Å². The maximum absolute atomic E-state index is 12.1. The van der Waals surface area contributed by atoms with Gasteiger partial charge in [0.25, 0.3) is 5.91 Å². The van der Waals surface area contributed by atoms with Crippen molar-refractivity contribution < 1.29 is 4.79 Å². The fraction of sp³-hybridized carbons (Fsp3) is 0.182. The fourth-order valence-electron chi connectivity index (χ4n) is 3.03. The number of rotatable bonds is 4. The lowest BCUT2D eigenvalue weighted by molar-refractivity contribution is 0.0955. The van der Waals surface area contributed by atoms with Crippen molar-refractivity contribution in [3.05, 3.63) is 88.2 Å². The van der Waals surface area contributed by atoms with Gasteiger partial charge in [0.15, 0.2) is 0 Å². The SMILES string of the molecule is Cc1ccc(C(=O)N/N=C\c2cc(C)n(-c3ccccc3C)c2C)cc1. The molecule has 0 aliphatic heterocycles. The van der Waals surface area contributed by atoms with Gasteiger partial charge in [-0.1, -0.05) is 35.9 Å². The van der Waals surface area contributed by atoms with Crippen LogP contribution >= 0.6 is 0 Å². The van der Waals surface area contributed by atoms with Gasteiger partial charge in [-0.25, -0.2) is 5.43 Å². The second kappa shape index (κ2) is 7.40. The molecule has 26 heavy (non-hydrogen) atoms. The van der Waals surface area contributed by atoms with Crippen LogP contribution < -0.4 is 5.43 Å². The molecule has 0 atom stereocenters. The van der Waals surface area contributed by atoms with E-state index in [0.717, 1.165) is 28.2 Å². The van der Waals surface area contributed by atoms with Crippen LogP contribution in [0.15, 0.2) is 59.7 Å². The first-order valence-electron chi connectivity index (χ1n) is 8.62. The smallest absolute Gasteiger partial charge is 0.271 e. The highest BCUT2D eigenvalue weighted by atomic mass is 16.2. The molecule has 0 bridgehead atoms. The molecule has 4 heteroatoms. The summed E-state index contributed by atoms with van der Waals surface area (Å²) in [7, 11) is 0. The van der Waals surface area contributed by atoms with Crippen molar-refractivity contribution in [2.45, 2.75) is 27.7 Å². The van der Waals surface area contributed by atoms with Crippen LogP contribution in [0.25, 0.3) is 5.69 Å². The van der Waals surface area contributed by atoms with Crippen LogP contribution in [-0.4, -0.2) is 16.7 Å². The van der Waals surface area contributed by atoms with Gasteiger partial charge in [-0.3, -0.25) is 4.79 Å². The number of carbonyl (C=O) groups is 1.